The molecule has 7 aromatic rings. The number of nitrogens with zero attached hydrogens (tertiary/aromatic N) is 2. The van der Waals surface area contributed by atoms with Crippen molar-refractivity contribution in [3.05, 3.63) is 133 Å². The molecule has 0 radical (unpaired) electrons. The summed E-state index contributed by atoms with van der Waals surface area (Å²) in [5, 5.41) is 5.02. The Kier molecular flexibility index (Phi) is 4.49. The predicted octanol–water partition coefficient (Wildman–Crippen LogP) is 8.67. The van der Waals surface area contributed by atoms with Crippen LogP contribution in [0.1, 0.15) is 0 Å². The molecule has 2 heterocycles. The van der Waals surface area contributed by atoms with Crippen LogP contribution in [0, 0.1) is 0 Å². The van der Waals surface area contributed by atoms with E-state index in [0.29, 0.717) is 0 Å². The summed E-state index contributed by atoms with van der Waals surface area (Å²) in [6.07, 6.45) is 0. The van der Waals surface area contributed by atoms with Crippen molar-refractivity contribution in [1.82, 2.24) is 9.55 Å². The number of rotatable bonds is 3. The van der Waals surface area contributed by atoms with Crippen LogP contribution in [0.5, 0.6) is 0 Å². The van der Waals surface area contributed by atoms with Gasteiger partial charge in [-0.15, -0.1) is 0 Å². The quantitative estimate of drug-likeness (QED) is 0.265. The Balaban J connectivity index is 1.59. The zero-order valence-corrected chi connectivity index (χ0v) is 19.1. The van der Waals surface area contributed by atoms with Crippen LogP contribution in [0.2, 0.25) is 0 Å². The molecule has 0 aliphatic carbocycles. The van der Waals surface area contributed by atoms with Crippen LogP contribution in [0.4, 0.5) is 0 Å². The molecular weight excluding hydrogens is 424 g/mol. The van der Waals surface area contributed by atoms with E-state index >= 15 is 0 Å². The molecule has 0 aliphatic heterocycles. The zero-order chi connectivity index (χ0) is 23.2. The average Bonchev–Trinajstić information content (AvgIpc) is 3.26. The molecule has 164 valence electrons. The number of aromatic nitrogens is 2. The molecule has 0 aliphatic rings. The van der Waals surface area contributed by atoms with Crippen LogP contribution in [0.15, 0.2) is 133 Å². The lowest BCUT2D eigenvalue weighted by molar-refractivity contribution is 1.16. The molecule has 0 fully saturated rings. The third kappa shape index (κ3) is 3.31. The standard InChI is InChI=1S/C33H22N2/c1-3-11-23(12-4-1)30-21-27(22-31(34-30)24-13-5-2-6-14-24)35-32-18-10-9-17-28(32)29-19-25-15-7-8-16-26(25)20-33(29)35/h1-22H. The van der Waals surface area contributed by atoms with Gasteiger partial charge in [0, 0.05) is 21.9 Å². The van der Waals surface area contributed by atoms with Gasteiger partial charge in [-0.25, -0.2) is 4.98 Å². The molecule has 35 heavy (non-hydrogen) atoms. The van der Waals surface area contributed by atoms with Gasteiger partial charge in [-0.1, -0.05) is 103 Å². The third-order valence-corrected chi connectivity index (χ3v) is 6.75. The minimum absolute atomic E-state index is 0.966. The number of hydrogen-bond donors (Lipinski definition) is 0. The molecule has 2 aromatic heterocycles. The van der Waals surface area contributed by atoms with Gasteiger partial charge in [0.15, 0.2) is 0 Å². The largest absolute Gasteiger partial charge is 0.309 e. The van der Waals surface area contributed by atoms with Gasteiger partial charge in [0.05, 0.1) is 28.1 Å². The zero-order valence-electron chi connectivity index (χ0n) is 19.1. The Hall–Kier alpha value is -4.69. The highest BCUT2D eigenvalue weighted by Gasteiger charge is 2.15. The highest BCUT2D eigenvalue weighted by molar-refractivity contribution is 6.13. The van der Waals surface area contributed by atoms with Crippen molar-refractivity contribution in [2.75, 3.05) is 0 Å². The summed E-state index contributed by atoms with van der Waals surface area (Å²) < 4.78 is 2.39. The van der Waals surface area contributed by atoms with Gasteiger partial charge in [0.2, 0.25) is 0 Å². The van der Waals surface area contributed by atoms with Crippen LogP contribution in [0.25, 0.3) is 60.8 Å². The Bertz CT molecular complexity index is 1770. The van der Waals surface area contributed by atoms with Gasteiger partial charge in [0.1, 0.15) is 0 Å². The van der Waals surface area contributed by atoms with Crippen molar-refractivity contribution in [3.63, 3.8) is 0 Å². The molecule has 0 atom stereocenters. The smallest absolute Gasteiger partial charge is 0.0730 e. The first-order valence-corrected chi connectivity index (χ1v) is 11.9. The summed E-state index contributed by atoms with van der Waals surface area (Å²) in [6.45, 7) is 0. The van der Waals surface area contributed by atoms with E-state index in [1.54, 1.807) is 0 Å². The maximum atomic E-state index is 5.08. The van der Waals surface area contributed by atoms with E-state index in [-0.39, 0.29) is 0 Å². The summed E-state index contributed by atoms with van der Waals surface area (Å²) in [4.78, 5) is 5.08. The monoisotopic (exact) mass is 446 g/mol. The molecule has 0 amide bonds. The lowest BCUT2D eigenvalue weighted by Gasteiger charge is -2.13. The molecular formula is C33H22N2. The van der Waals surface area contributed by atoms with E-state index in [1.807, 2.05) is 12.1 Å². The maximum absolute atomic E-state index is 5.08. The lowest BCUT2D eigenvalue weighted by atomic mass is 10.1. The summed E-state index contributed by atoms with van der Waals surface area (Å²) in [6, 6.07) is 47.2. The first-order chi connectivity index (χ1) is 17.3. The minimum Gasteiger partial charge on any atom is -0.309 e. The van der Waals surface area contributed by atoms with Crippen LogP contribution >= 0.6 is 0 Å². The molecule has 0 saturated heterocycles. The predicted molar refractivity (Wildman–Crippen MR) is 147 cm³/mol. The molecule has 0 saturated carbocycles. The first kappa shape index (κ1) is 19.7. The fraction of sp³-hybridized carbons (Fsp3) is 0. The average molecular weight is 447 g/mol. The topological polar surface area (TPSA) is 17.8 Å². The van der Waals surface area contributed by atoms with Crippen LogP contribution in [-0.4, -0.2) is 9.55 Å². The van der Waals surface area contributed by atoms with Crippen molar-refractivity contribution in [2.45, 2.75) is 0 Å². The number of fused-ring (bicyclic) bond motifs is 4. The fourth-order valence-corrected chi connectivity index (χ4v) is 5.09. The molecule has 2 heteroatoms. The van der Waals surface area contributed by atoms with Gasteiger partial charge in [0.25, 0.3) is 0 Å². The minimum atomic E-state index is 0.966. The van der Waals surface area contributed by atoms with Gasteiger partial charge in [-0.3, -0.25) is 0 Å². The summed E-state index contributed by atoms with van der Waals surface area (Å²) in [5.41, 5.74) is 7.66. The Morgan fingerprint density at radius 3 is 1.63 bits per heavy atom. The second kappa shape index (κ2) is 7.96. The van der Waals surface area contributed by atoms with E-state index in [2.05, 4.69) is 126 Å². The van der Waals surface area contributed by atoms with Crippen molar-refractivity contribution in [3.8, 4) is 28.2 Å². The number of benzene rings is 5. The van der Waals surface area contributed by atoms with Crippen molar-refractivity contribution in [1.29, 1.82) is 0 Å². The van der Waals surface area contributed by atoms with Crippen LogP contribution in [0.3, 0.4) is 0 Å². The lowest BCUT2D eigenvalue weighted by Crippen LogP contribution is -1.98. The first-order valence-electron chi connectivity index (χ1n) is 11.9. The van der Waals surface area contributed by atoms with Gasteiger partial charge in [-0.05, 0) is 41.1 Å². The molecule has 0 unspecified atom stereocenters. The van der Waals surface area contributed by atoms with Crippen LogP contribution < -0.4 is 0 Å². The van der Waals surface area contributed by atoms with Crippen molar-refractivity contribution >= 4 is 32.6 Å². The fourth-order valence-electron chi connectivity index (χ4n) is 5.09. The molecule has 7 rings (SSSR count). The number of pyridine rings is 1. The van der Waals surface area contributed by atoms with Gasteiger partial charge in [-0.2, -0.15) is 0 Å². The summed E-state index contributed by atoms with van der Waals surface area (Å²) >= 11 is 0. The van der Waals surface area contributed by atoms with E-state index in [9.17, 15) is 0 Å². The van der Waals surface area contributed by atoms with E-state index in [1.165, 1.54) is 32.6 Å². The van der Waals surface area contributed by atoms with Crippen LogP contribution in [-0.2, 0) is 0 Å². The van der Waals surface area contributed by atoms with E-state index in [0.717, 1.165) is 28.2 Å². The second-order valence-electron chi connectivity index (χ2n) is 8.90. The highest BCUT2D eigenvalue weighted by Crippen LogP contribution is 2.36. The Labute approximate surface area is 203 Å². The van der Waals surface area contributed by atoms with Gasteiger partial charge >= 0.3 is 0 Å². The molecule has 5 aromatic carbocycles. The van der Waals surface area contributed by atoms with Crippen molar-refractivity contribution < 1.29 is 0 Å². The SMILES string of the molecule is c1ccc(-c2cc(-n3c4ccccc4c4cc5ccccc5cc43)cc(-c3ccccc3)n2)cc1. The number of para-hydroxylation sites is 1. The molecule has 2 nitrogen and oxygen atoms in total. The summed E-state index contributed by atoms with van der Waals surface area (Å²) in [7, 11) is 0. The van der Waals surface area contributed by atoms with E-state index < -0.39 is 0 Å². The normalized spacial score (nSPS) is 11.4. The highest BCUT2D eigenvalue weighted by atomic mass is 15.0. The maximum Gasteiger partial charge on any atom is 0.0730 e. The second-order valence-corrected chi connectivity index (χ2v) is 8.90. The van der Waals surface area contributed by atoms with Gasteiger partial charge < -0.3 is 4.57 Å². The third-order valence-electron chi connectivity index (χ3n) is 6.75. The number of hydrogen-bond acceptors (Lipinski definition) is 1. The van der Waals surface area contributed by atoms with E-state index in [4.69, 9.17) is 4.98 Å². The summed E-state index contributed by atoms with van der Waals surface area (Å²) in [5.74, 6) is 0. The molecule has 0 spiro atoms. The Morgan fingerprint density at radius 1 is 0.429 bits per heavy atom. The van der Waals surface area contributed by atoms with Crippen molar-refractivity contribution in [2.24, 2.45) is 0 Å². The molecule has 0 bridgehead atoms. The molecule has 0 N–H and O–H groups in total. The Morgan fingerprint density at radius 2 is 0.971 bits per heavy atom.